The van der Waals surface area contributed by atoms with Gasteiger partial charge in [0.2, 0.25) is 0 Å². The molecule has 2 rings (SSSR count). The number of hydrogen-bond donors (Lipinski definition) is 2. The topological polar surface area (TPSA) is 52.6 Å². The van der Waals surface area contributed by atoms with E-state index in [0.717, 1.165) is 30.0 Å². The minimum absolute atomic E-state index is 0.540. The van der Waals surface area contributed by atoms with E-state index >= 15 is 0 Å². The summed E-state index contributed by atoms with van der Waals surface area (Å²) in [6.07, 6.45) is 1.84. The lowest BCUT2D eigenvalue weighted by Gasteiger charge is -2.30. The monoisotopic (exact) mass is 341 g/mol. The van der Waals surface area contributed by atoms with Gasteiger partial charge < -0.3 is 10.6 Å². The van der Waals surface area contributed by atoms with Gasteiger partial charge in [0.25, 0.3) is 0 Å². The molecule has 0 aliphatic heterocycles. The molecule has 0 radical (unpaired) electrons. The van der Waals surface area contributed by atoms with Crippen molar-refractivity contribution in [2.75, 3.05) is 20.1 Å². The Labute approximate surface area is 151 Å². The van der Waals surface area contributed by atoms with E-state index < -0.39 is 0 Å². The number of guanidine groups is 1. The van der Waals surface area contributed by atoms with Gasteiger partial charge in [0, 0.05) is 50.3 Å². The molecule has 0 atom stereocenters. The van der Waals surface area contributed by atoms with Crippen LogP contribution in [0.5, 0.6) is 0 Å². The molecule has 0 aliphatic carbocycles. The molecule has 5 heteroatoms. The van der Waals surface area contributed by atoms with Gasteiger partial charge >= 0.3 is 0 Å². The number of pyridine rings is 1. The first-order chi connectivity index (χ1) is 12.0. The average Bonchev–Trinajstić information content (AvgIpc) is 2.60. The van der Waals surface area contributed by atoms with Crippen LogP contribution in [-0.4, -0.2) is 48.1 Å². The highest BCUT2D eigenvalue weighted by Crippen LogP contribution is 2.15. The van der Waals surface area contributed by atoms with Gasteiger partial charge in [-0.2, -0.15) is 0 Å². The van der Waals surface area contributed by atoms with Crippen molar-refractivity contribution in [2.45, 2.75) is 46.3 Å². The van der Waals surface area contributed by atoms with Crippen molar-refractivity contribution in [2.24, 2.45) is 4.99 Å². The van der Waals surface area contributed by atoms with Gasteiger partial charge in [-0.15, -0.1) is 0 Å². The zero-order valence-electron chi connectivity index (χ0n) is 16.1. The number of para-hydroxylation sites is 1. The molecular weight excluding hydrogens is 310 g/mol. The standard InChI is InChI=1S/C20H31N5/c1-15(2)25(16(3)4)13-12-23-20(21-5)24-14-18-9-6-8-17-10-7-11-22-19(17)18/h6-11,15-16H,12-14H2,1-5H3,(H2,21,23,24). The second-order valence-corrected chi connectivity index (χ2v) is 6.77. The number of aromatic nitrogens is 1. The SMILES string of the molecule is CN=C(NCCN(C(C)C)C(C)C)NCc1cccc2cccnc12. The number of nitrogens with zero attached hydrogens (tertiary/aromatic N) is 3. The third kappa shape index (κ3) is 5.43. The molecule has 136 valence electrons. The average molecular weight is 342 g/mol. The Morgan fingerprint density at radius 2 is 1.80 bits per heavy atom. The van der Waals surface area contributed by atoms with Crippen LogP contribution < -0.4 is 10.6 Å². The lowest BCUT2D eigenvalue weighted by Crippen LogP contribution is -2.45. The zero-order chi connectivity index (χ0) is 18.2. The molecule has 1 heterocycles. The second kappa shape index (κ2) is 9.37. The van der Waals surface area contributed by atoms with Gasteiger partial charge in [0.05, 0.1) is 5.52 Å². The third-order valence-corrected chi connectivity index (χ3v) is 4.38. The molecule has 0 bridgehead atoms. The van der Waals surface area contributed by atoms with Gasteiger partial charge in [0.15, 0.2) is 5.96 Å². The molecular formula is C20H31N5. The fourth-order valence-electron chi connectivity index (χ4n) is 3.13. The number of fused-ring (bicyclic) bond motifs is 1. The minimum atomic E-state index is 0.540. The summed E-state index contributed by atoms with van der Waals surface area (Å²) in [4.78, 5) is 11.3. The Balaban J connectivity index is 1.90. The summed E-state index contributed by atoms with van der Waals surface area (Å²) in [6, 6.07) is 11.4. The maximum absolute atomic E-state index is 4.50. The lowest BCUT2D eigenvalue weighted by molar-refractivity contribution is 0.178. The highest BCUT2D eigenvalue weighted by molar-refractivity contribution is 5.83. The van der Waals surface area contributed by atoms with E-state index in [9.17, 15) is 0 Å². The van der Waals surface area contributed by atoms with Crippen LogP contribution in [0.3, 0.4) is 0 Å². The third-order valence-electron chi connectivity index (χ3n) is 4.38. The normalized spacial score (nSPS) is 12.4. The first-order valence-corrected chi connectivity index (χ1v) is 9.05. The van der Waals surface area contributed by atoms with E-state index in [4.69, 9.17) is 0 Å². The molecule has 0 amide bonds. The van der Waals surface area contributed by atoms with Gasteiger partial charge in [-0.1, -0.05) is 24.3 Å². The fourth-order valence-corrected chi connectivity index (χ4v) is 3.13. The maximum Gasteiger partial charge on any atom is 0.191 e. The van der Waals surface area contributed by atoms with E-state index in [2.05, 4.69) is 77.5 Å². The Hall–Kier alpha value is -2.14. The fraction of sp³-hybridized carbons (Fsp3) is 0.500. The van der Waals surface area contributed by atoms with E-state index in [0.29, 0.717) is 18.6 Å². The summed E-state index contributed by atoms with van der Waals surface area (Å²) >= 11 is 0. The van der Waals surface area contributed by atoms with Crippen LogP contribution in [0.25, 0.3) is 10.9 Å². The minimum Gasteiger partial charge on any atom is -0.355 e. The quantitative estimate of drug-likeness (QED) is 0.600. The second-order valence-electron chi connectivity index (χ2n) is 6.77. The van der Waals surface area contributed by atoms with Crippen molar-refractivity contribution >= 4 is 16.9 Å². The molecule has 0 unspecified atom stereocenters. The number of rotatable bonds is 7. The van der Waals surface area contributed by atoms with Crippen LogP contribution in [0.4, 0.5) is 0 Å². The summed E-state index contributed by atoms with van der Waals surface area (Å²) < 4.78 is 0. The molecule has 0 fully saturated rings. The molecule has 0 aliphatic rings. The van der Waals surface area contributed by atoms with Crippen LogP contribution in [0.15, 0.2) is 41.5 Å². The summed E-state index contributed by atoms with van der Waals surface area (Å²) in [5, 5.41) is 7.96. The predicted octanol–water partition coefficient (Wildman–Crippen LogP) is 3.02. The number of hydrogen-bond acceptors (Lipinski definition) is 3. The van der Waals surface area contributed by atoms with E-state index in [-0.39, 0.29) is 0 Å². The van der Waals surface area contributed by atoms with Crippen molar-refractivity contribution in [3.63, 3.8) is 0 Å². The van der Waals surface area contributed by atoms with Crippen molar-refractivity contribution in [1.82, 2.24) is 20.5 Å². The zero-order valence-corrected chi connectivity index (χ0v) is 16.1. The van der Waals surface area contributed by atoms with Crippen LogP contribution in [0, 0.1) is 0 Å². The molecule has 1 aromatic heterocycles. The van der Waals surface area contributed by atoms with Gasteiger partial charge in [-0.05, 0) is 39.3 Å². The van der Waals surface area contributed by atoms with E-state index in [1.54, 1.807) is 7.05 Å². The van der Waals surface area contributed by atoms with Crippen LogP contribution in [0.2, 0.25) is 0 Å². The van der Waals surface area contributed by atoms with Crippen LogP contribution in [-0.2, 0) is 6.54 Å². The Bertz CT molecular complexity index is 680. The maximum atomic E-state index is 4.50. The summed E-state index contributed by atoms with van der Waals surface area (Å²) in [5.74, 6) is 0.820. The first-order valence-electron chi connectivity index (χ1n) is 9.05. The highest BCUT2D eigenvalue weighted by Gasteiger charge is 2.12. The van der Waals surface area contributed by atoms with E-state index in [1.165, 1.54) is 5.56 Å². The van der Waals surface area contributed by atoms with Crippen molar-refractivity contribution in [1.29, 1.82) is 0 Å². The Kier molecular flexibility index (Phi) is 7.19. The molecule has 25 heavy (non-hydrogen) atoms. The predicted molar refractivity (Wildman–Crippen MR) is 107 cm³/mol. The van der Waals surface area contributed by atoms with Crippen molar-refractivity contribution < 1.29 is 0 Å². The number of aliphatic imine (C=N–C) groups is 1. The Morgan fingerprint density at radius 1 is 1.08 bits per heavy atom. The van der Waals surface area contributed by atoms with Crippen LogP contribution in [0.1, 0.15) is 33.3 Å². The molecule has 1 aromatic carbocycles. The molecule has 5 nitrogen and oxygen atoms in total. The summed E-state index contributed by atoms with van der Waals surface area (Å²) in [5.41, 5.74) is 2.21. The molecule has 2 N–H and O–H groups in total. The lowest BCUT2D eigenvalue weighted by atomic mass is 10.1. The smallest absolute Gasteiger partial charge is 0.191 e. The molecule has 0 saturated heterocycles. The molecule has 0 saturated carbocycles. The first kappa shape index (κ1) is 19.2. The number of nitrogens with one attached hydrogen (secondary N) is 2. The Morgan fingerprint density at radius 3 is 2.48 bits per heavy atom. The highest BCUT2D eigenvalue weighted by atomic mass is 15.2. The molecule has 0 spiro atoms. The van der Waals surface area contributed by atoms with Crippen LogP contribution >= 0.6 is 0 Å². The van der Waals surface area contributed by atoms with Crippen molar-refractivity contribution in [3.05, 3.63) is 42.1 Å². The summed E-state index contributed by atoms with van der Waals surface area (Å²) in [6.45, 7) is 11.5. The van der Waals surface area contributed by atoms with E-state index in [1.807, 2.05) is 12.3 Å². The molecule has 2 aromatic rings. The van der Waals surface area contributed by atoms with Gasteiger partial charge in [-0.25, -0.2) is 0 Å². The van der Waals surface area contributed by atoms with Gasteiger partial charge in [0.1, 0.15) is 0 Å². The van der Waals surface area contributed by atoms with Crippen molar-refractivity contribution in [3.8, 4) is 0 Å². The van der Waals surface area contributed by atoms with Gasteiger partial charge in [-0.3, -0.25) is 14.9 Å². The number of benzene rings is 1. The largest absolute Gasteiger partial charge is 0.355 e. The summed E-state index contributed by atoms with van der Waals surface area (Å²) in [7, 11) is 1.80.